The molecule has 0 aliphatic carbocycles. The van der Waals surface area contributed by atoms with E-state index in [2.05, 4.69) is 4.98 Å². The van der Waals surface area contributed by atoms with Gasteiger partial charge in [-0.3, -0.25) is 4.98 Å². The van der Waals surface area contributed by atoms with Crippen molar-refractivity contribution in [3.05, 3.63) is 58.4 Å². The molecule has 0 fully saturated rings. The Balaban J connectivity index is 1.81. The zero-order valence-corrected chi connectivity index (χ0v) is 11.9. The number of ether oxygens (including phenoxy) is 1. The van der Waals surface area contributed by atoms with Crippen LogP contribution < -0.4 is 4.74 Å². The van der Waals surface area contributed by atoms with E-state index < -0.39 is 6.10 Å². The highest BCUT2D eigenvalue weighted by molar-refractivity contribution is 7.10. The molecule has 4 heteroatoms. The summed E-state index contributed by atoms with van der Waals surface area (Å²) in [4.78, 5) is 5.48. The van der Waals surface area contributed by atoms with Crippen LogP contribution in [0, 0.1) is 0 Å². The Kier molecular flexibility index (Phi) is 3.67. The Bertz CT molecular complexity index is 723. The summed E-state index contributed by atoms with van der Waals surface area (Å²) in [6.45, 7) is 0. The molecule has 1 unspecified atom stereocenters. The molecule has 1 aromatic carbocycles. The van der Waals surface area contributed by atoms with Crippen molar-refractivity contribution in [2.45, 2.75) is 12.5 Å². The molecule has 0 aliphatic rings. The Morgan fingerprint density at radius 2 is 2.10 bits per heavy atom. The van der Waals surface area contributed by atoms with Crippen LogP contribution in [-0.4, -0.2) is 17.2 Å². The number of para-hydroxylation sites is 1. The first-order valence-electron chi connectivity index (χ1n) is 6.41. The number of rotatable bonds is 4. The SMILES string of the molecule is COc1csc(C(O)Cc2ccc3ccccc3n2)c1. The molecule has 2 heterocycles. The summed E-state index contributed by atoms with van der Waals surface area (Å²) < 4.78 is 5.14. The number of nitrogens with zero attached hydrogens (tertiary/aromatic N) is 1. The minimum absolute atomic E-state index is 0.508. The maximum absolute atomic E-state index is 10.3. The van der Waals surface area contributed by atoms with Gasteiger partial charge >= 0.3 is 0 Å². The molecule has 0 spiro atoms. The molecule has 3 aromatic rings. The molecule has 0 saturated heterocycles. The van der Waals surface area contributed by atoms with Gasteiger partial charge < -0.3 is 9.84 Å². The molecular formula is C16H15NO2S. The van der Waals surface area contributed by atoms with Crippen molar-refractivity contribution in [2.24, 2.45) is 0 Å². The second-order valence-electron chi connectivity index (χ2n) is 4.60. The van der Waals surface area contributed by atoms with Crippen LogP contribution in [0.1, 0.15) is 16.7 Å². The fourth-order valence-electron chi connectivity index (χ4n) is 2.14. The van der Waals surface area contributed by atoms with Crippen LogP contribution in [-0.2, 0) is 6.42 Å². The summed E-state index contributed by atoms with van der Waals surface area (Å²) in [5.41, 5.74) is 1.85. The van der Waals surface area contributed by atoms with Crippen molar-refractivity contribution in [3.63, 3.8) is 0 Å². The van der Waals surface area contributed by atoms with Crippen molar-refractivity contribution in [1.29, 1.82) is 0 Å². The molecule has 2 aromatic heterocycles. The average molecular weight is 285 g/mol. The second kappa shape index (κ2) is 5.61. The van der Waals surface area contributed by atoms with Gasteiger partial charge in [0.15, 0.2) is 0 Å². The maximum atomic E-state index is 10.3. The first-order valence-corrected chi connectivity index (χ1v) is 7.29. The first-order chi connectivity index (χ1) is 9.76. The van der Waals surface area contributed by atoms with E-state index in [1.54, 1.807) is 7.11 Å². The summed E-state index contributed by atoms with van der Waals surface area (Å²) in [6.07, 6.45) is -0.0355. The van der Waals surface area contributed by atoms with Crippen molar-refractivity contribution in [1.82, 2.24) is 4.98 Å². The van der Waals surface area contributed by atoms with Crippen LogP contribution >= 0.6 is 11.3 Å². The number of thiophene rings is 1. The van der Waals surface area contributed by atoms with Gasteiger partial charge in [0.1, 0.15) is 5.75 Å². The Morgan fingerprint density at radius 1 is 1.25 bits per heavy atom. The number of aromatic nitrogens is 1. The Hall–Kier alpha value is -1.91. The standard InChI is InChI=1S/C16H15NO2S/c1-19-13-9-16(20-10-13)15(18)8-12-7-6-11-4-2-3-5-14(11)17-12/h2-7,9-10,15,18H,8H2,1H3. The van der Waals surface area contributed by atoms with Crippen LogP contribution in [0.25, 0.3) is 10.9 Å². The molecule has 0 bridgehead atoms. The summed E-state index contributed by atoms with van der Waals surface area (Å²) in [7, 11) is 1.63. The first kappa shape index (κ1) is 13.1. The lowest BCUT2D eigenvalue weighted by Crippen LogP contribution is -2.01. The Morgan fingerprint density at radius 3 is 2.90 bits per heavy atom. The third-order valence-electron chi connectivity index (χ3n) is 3.22. The van der Waals surface area contributed by atoms with Crippen molar-refractivity contribution < 1.29 is 9.84 Å². The quantitative estimate of drug-likeness (QED) is 0.796. The lowest BCUT2D eigenvalue weighted by molar-refractivity contribution is 0.181. The number of aliphatic hydroxyl groups excluding tert-OH is 1. The normalized spacial score (nSPS) is 12.5. The summed E-state index contributed by atoms with van der Waals surface area (Å²) >= 11 is 1.50. The van der Waals surface area contributed by atoms with Crippen molar-refractivity contribution in [2.75, 3.05) is 7.11 Å². The molecule has 0 radical (unpaired) electrons. The van der Waals surface area contributed by atoms with Crippen LogP contribution in [0.5, 0.6) is 5.75 Å². The van der Waals surface area contributed by atoms with Gasteiger partial charge in [-0.05, 0) is 18.2 Å². The van der Waals surface area contributed by atoms with Crippen LogP contribution in [0.4, 0.5) is 0 Å². The number of methoxy groups -OCH3 is 1. The topological polar surface area (TPSA) is 42.4 Å². The number of pyridine rings is 1. The molecule has 3 nitrogen and oxygen atoms in total. The molecule has 102 valence electrons. The lowest BCUT2D eigenvalue weighted by atomic mass is 10.1. The van der Waals surface area contributed by atoms with E-state index >= 15 is 0 Å². The Labute approximate surface area is 121 Å². The van der Waals surface area contributed by atoms with Gasteiger partial charge in [0.25, 0.3) is 0 Å². The van der Waals surface area contributed by atoms with Crippen molar-refractivity contribution in [3.8, 4) is 5.75 Å². The molecular weight excluding hydrogens is 270 g/mol. The number of fused-ring (bicyclic) bond motifs is 1. The van der Waals surface area contributed by atoms with E-state index in [4.69, 9.17) is 4.74 Å². The molecule has 1 N–H and O–H groups in total. The van der Waals surface area contributed by atoms with E-state index in [1.807, 2.05) is 47.8 Å². The van der Waals surface area contributed by atoms with Gasteiger partial charge in [-0.15, -0.1) is 11.3 Å². The maximum Gasteiger partial charge on any atom is 0.129 e. The third-order valence-corrected chi connectivity index (χ3v) is 4.23. The molecule has 0 saturated carbocycles. The molecule has 20 heavy (non-hydrogen) atoms. The highest BCUT2D eigenvalue weighted by Crippen LogP contribution is 2.28. The van der Waals surface area contributed by atoms with E-state index in [1.165, 1.54) is 11.3 Å². The second-order valence-corrected chi connectivity index (χ2v) is 5.55. The third kappa shape index (κ3) is 2.66. The number of hydrogen-bond acceptors (Lipinski definition) is 4. The van der Waals surface area contributed by atoms with Gasteiger partial charge in [-0.1, -0.05) is 24.3 Å². The van der Waals surface area contributed by atoms with E-state index in [-0.39, 0.29) is 0 Å². The van der Waals surface area contributed by atoms with Crippen molar-refractivity contribution >= 4 is 22.2 Å². The van der Waals surface area contributed by atoms with E-state index in [0.717, 1.165) is 27.2 Å². The fourth-order valence-corrected chi connectivity index (χ4v) is 2.98. The van der Waals surface area contributed by atoms with Gasteiger partial charge in [0.2, 0.25) is 0 Å². The summed E-state index contributed by atoms with van der Waals surface area (Å²) in [5, 5.41) is 13.3. The molecule has 0 amide bonds. The number of aliphatic hydroxyl groups is 1. The minimum Gasteiger partial charge on any atom is -0.496 e. The summed E-state index contributed by atoms with van der Waals surface area (Å²) in [6, 6.07) is 13.9. The van der Waals surface area contributed by atoms with E-state index in [0.29, 0.717) is 6.42 Å². The lowest BCUT2D eigenvalue weighted by Gasteiger charge is -2.08. The number of benzene rings is 1. The van der Waals surface area contributed by atoms with Gasteiger partial charge in [-0.2, -0.15) is 0 Å². The zero-order chi connectivity index (χ0) is 13.9. The van der Waals surface area contributed by atoms with Gasteiger partial charge in [0.05, 0.1) is 18.7 Å². The van der Waals surface area contributed by atoms with Crippen LogP contribution in [0.3, 0.4) is 0 Å². The summed E-state index contributed by atoms with van der Waals surface area (Å²) in [5.74, 6) is 0.788. The number of hydrogen-bond donors (Lipinski definition) is 1. The monoisotopic (exact) mass is 285 g/mol. The largest absolute Gasteiger partial charge is 0.496 e. The minimum atomic E-state index is -0.544. The van der Waals surface area contributed by atoms with Gasteiger partial charge in [0, 0.05) is 27.8 Å². The fraction of sp³-hybridized carbons (Fsp3) is 0.188. The van der Waals surface area contributed by atoms with E-state index in [9.17, 15) is 5.11 Å². The molecule has 3 rings (SSSR count). The van der Waals surface area contributed by atoms with Crippen LogP contribution in [0.2, 0.25) is 0 Å². The average Bonchev–Trinajstić information content (AvgIpc) is 2.96. The molecule has 1 atom stereocenters. The highest BCUT2D eigenvalue weighted by atomic mass is 32.1. The van der Waals surface area contributed by atoms with Gasteiger partial charge in [-0.25, -0.2) is 0 Å². The zero-order valence-electron chi connectivity index (χ0n) is 11.1. The highest BCUT2D eigenvalue weighted by Gasteiger charge is 2.12. The smallest absolute Gasteiger partial charge is 0.129 e. The predicted octanol–water partition coefficient (Wildman–Crippen LogP) is 3.58. The molecule has 0 aliphatic heterocycles. The van der Waals surface area contributed by atoms with Crippen LogP contribution in [0.15, 0.2) is 47.8 Å². The predicted molar refractivity (Wildman–Crippen MR) is 81.3 cm³/mol.